The molecule has 0 aliphatic carbocycles. The van der Waals surface area contributed by atoms with E-state index in [4.69, 9.17) is 4.84 Å². The highest BCUT2D eigenvalue weighted by atomic mass is 32.2. The van der Waals surface area contributed by atoms with Crippen LogP contribution in [0, 0.1) is 17.0 Å². The van der Waals surface area contributed by atoms with Crippen molar-refractivity contribution in [2.24, 2.45) is 0 Å². The molecule has 7 nitrogen and oxygen atoms in total. The molecule has 144 valence electrons. The Hall–Kier alpha value is -2.58. The highest BCUT2D eigenvalue weighted by molar-refractivity contribution is 7.98. The van der Waals surface area contributed by atoms with Gasteiger partial charge in [0.05, 0.1) is 28.8 Å². The topological polar surface area (TPSA) is 93.5 Å². The van der Waals surface area contributed by atoms with Gasteiger partial charge in [-0.2, -0.15) is 0 Å². The minimum absolute atomic E-state index is 0.00768. The zero-order chi connectivity index (χ0) is 20.0. The number of hydroxylamine groups is 1. The van der Waals surface area contributed by atoms with Crippen LogP contribution in [0.3, 0.4) is 0 Å². The first-order valence-corrected chi connectivity index (χ1v) is 9.70. The molecule has 27 heavy (non-hydrogen) atoms. The van der Waals surface area contributed by atoms with E-state index in [0.29, 0.717) is 29.7 Å². The second-order valence-corrected chi connectivity index (χ2v) is 6.81. The van der Waals surface area contributed by atoms with Crippen molar-refractivity contribution in [3.05, 3.63) is 57.1 Å². The molecule has 0 heterocycles. The number of rotatable bonds is 8. The van der Waals surface area contributed by atoms with Crippen LogP contribution in [0.5, 0.6) is 0 Å². The molecule has 0 unspecified atom stereocenters. The predicted octanol–water partition coefficient (Wildman–Crippen LogP) is 4.61. The lowest BCUT2D eigenvalue weighted by molar-refractivity contribution is -0.385. The van der Waals surface area contributed by atoms with Crippen molar-refractivity contribution in [2.45, 2.75) is 31.6 Å². The summed E-state index contributed by atoms with van der Waals surface area (Å²) in [5.74, 6) is -0.467. The molecule has 2 N–H and O–H groups in total. The number of amides is 1. The summed E-state index contributed by atoms with van der Waals surface area (Å²) in [4.78, 5) is 29.4. The maximum atomic E-state index is 12.4. The molecule has 1 amide bonds. The highest BCUT2D eigenvalue weighted by Gasteiger charge is 2.24. The van der Waals surface area contributed by atoms with Gasteiger partial charge in [-0.3, -0.25) is 19.7 Å². The summed E-state index contributed by atoms with van der Waals surface area (Å²) in [5, 5.41) is 14.8. The van der Waals surface area contributed by atoms with Crippen LogP contribution in [0.4, 0.5) is 17.1 Å². The predicted molar refractivity (Wildman–Crippen MR) is 108 cm³/mol. The number of nitrogens with zero attached hydrogens (tertiary/aromatic N) is 1. The van der Waals surface area contributed by atoms with E-state index < -0.39 is 10.8 Å². The molecule has 0 fully saturated rings. The van der Waals surface area contributed by atoms with E-state index in [-0.39, 0.29) is 5.69 Å². The third-order valence-electron chi connectivity index (χ3n) is 4.12. The van der Waals surface area contributed by atoms with E-state index in [1.807, 2.05) is 38.3 Å². The molecule has 0 atom stereocenters. The van der Waals surface area contributed by atoms with Crippen LogP contribution >= 0.6 is 11.8 Å². The summed E-state index contributed by atoms with van der Waals surface area (Å²) in [6, 6.07) is 8.71. The van der Waals surface area contributed by atoms with Crippen LogP contribution in [0.2, 0.25) is 0 Å². The quantitative estimate of drug-likeness (QED) is 0.389. The van der Waals surface area contributed by atoms with Gasteiger partial charge < -0.3 is 5.32 Å². The maximum absolute atomic E-state index is 12.4. The molecule has 8 heteroatoms. The molecule has 0 radical (unpaired) electrons. The number of carbonyl (C=O) groups is 1. The monoisotopic (exact) mass is 389 g/mol. The molecular formula is C19H23N3O4S. The number of thioether (sulfide) groups is 1. The number of hydrogen-bond donors (Lipinski definition) is 2. The van der Waals surface area contributed by atoms with Crippen LogP contribution in [0.15, 0.2) is 35.2 Å². The lowest BCUT2D eigenvalue weighted by atomic mass is 9.99. The largest absolute Gasteiger partial charge is 0.354 e. The van der Waals surface area contributed by atoms with Crippen molar-refractivity contribution >= 4 is 34.7 Å². The van der Waals surface area contributed by atoms with Crippen LogP contribution in [0.25, 0.3) is 0 Å². The summed E-state index contributed by atoms with van der Waals surface area (Å²) in [6.07, 6.45) is 3.17. The summed E-state index contributed by atoms with van der Waals surface area (Å²) in [5.41, 5.74) is 5.27. The molecule has 2 aromatic carbocycles. The number of nitrogens with one attached hydrogen (secondary N) is 2. The Morgan fingerprint density at radius 3 is 2.59 bits per heavy atom. The van der Waals surface area contributed by atoms with E-state index in [1.165, 1.54) is 19.2 Å². The zero-order valence-corrected chi connectivity index (χ0v) is 16.6. The van der Waals surface area contributed by atoms with Gasteiger partial charge in [0.25, 0.3) is 11.6 Å². The molecular weight excluding hydrogens is 366 g/mol. The molecule has 0 aliphatic rings. The summed E-state index contributed by atoms with van der Waals surface area (Å²) < 4.78 is 0. The fraction of sp³-hybridized carbons (Fsp3) is 0.316. The molecule has 2 aromatic rings. The Kier molecular flexibility index (Phi) is 7.20. The number of nitro groups is 1. The van der Waals surface area contributed by atoms with Crippen LogP contribution < -0.4 is 10.8 Å². The second kappa shape index (κ2) is 9.38. The average Bonchev–Trinajstić information content (AvgIpc) is 2.64. The number of anilines is 2. The average molecular weight is 389 g/mol. The summed E-state index contributed by atoms with van der Waals surface area (Å²) in [7, 11) is 1.34. The van der Waals surface area contributed by atoms with Gasteiger partial charge in [0.15, 0.2) is 0 Å². The molecule has 0 bridgehead atoms. The van der Waals surface area contributed by atoms with E-state index in [2.05, 4.69) is 10.8 Å². The van der Waals surface area contributed by atoms with Gasteiger partial charge in [-0.15, -0.1) is 11.8 Å². The smallest absolute Gasteiger partial charge is 0.276 e. The second-order valence-electron chi connectivity index (χ2n) is 5.93. The number of hydrogen-bond acceptors (Lipinski definition) is 6. The van der Waals surface area contributed by atoms with E-state index in [0.717, 1.165) is 16.1 Å². The molecule has 0 aliphatic heterocycles. The van der Waals surface area contributed by atoms with Crippen molar-refractivity contribution in [1.82, 2.24) is 5.48 Å². The minimum Gasteiger partial charge on any atom is -0.354 e. The Morgan fingerprint density at radius 2 is 2.04 bits per heavy atom. The first-order valence-electron chi connectivity index (χ1n) is 8.48. The number of benzene rings is 2. The van der Waals surface area contributed by atoms with Gasteiger partial charge in [-0.25, -0.2) is 5.48 Å². The van der Waals surface area contributed by atoms with Gasteiger partial charge in [-0.1, -0.05) is 13.3 Å². The van der Waals surface area contributed by atoms with Crippen molar-refractivity contribution in [2.75, 3.05) is 18.7 Å². The highest BCUT2D eigenvalue weighted by Crippen LogP contribution is 2.35. The third-order valence-corrected chi connectivity index (χ3v) is 4.84. The van der Waals surface area contributed by atoms with Crippen molar-refractivity contribution < 1.29 is 14.6 Å². The van der Waals surface area contributed by atoms with E-state index >= 15 is 0 Å². The minimum atomic E-state index is -0.467. The van der Waals surface area contributed by atoms with Gasteiger partial charge >= 0.3 is 0 Å². The van der Waals surface area contributed by atoms with Gasteiger partial charge in [0.2, 0.25) is 0 Å². The SMILES string of the molecule is CCCc1c([N+](=O)[O-])ccc(C(=O)NOC)c1Nc1ccc(SC)cc1C. The van der Waals surface area contributed by atoms with Gasteiger partial charge in [0, 0.05) is 16.6 Å². The summed E-state index contributed by atoms with van der Waals surface area (Å²) in [6.45, 7) is 3.89. The molecule has 0 saturated carbocycles. The molecule has 0 saturated heterocycles. The first-order chi connectivity index (χ1) is 12.9. The fourth-order valence-corrected chi connectivity index (χ4v) is 3.33. The van der Waals surface area contributed by atoms with E-state index in [1.54, 1.807) is 11.8 Å². The Labute approximate surface area is 162 Å². The van der Waals surface area contributed by atoms with Crippen molar-refractivity contribution in [1.29, 1.82) is 0 Å². The van der Waals surface area contributed by atoms with Crippen LogP contribution in [-0.4, -0.2) is 24.2 Å². The maximum Gasteiger partial charge on any atom is 0.276 e. The zero-order valence-electron chi connectivity index (χ0n) is 15.8. The molecule has 2 rings (SSSR count). The van der Waals surface area contributed by atoms with Gasteiger partial charge in [-0.05, 0) is 49.4 Å². The molecule has 0 spiro atoms. The first kappa shape index (κ1) is 20.7. The Bertz CT molecular complexity index is 855. The normalized spacial score (nSPS) is 10.5. The number of nitro benzene ring substituents is 1. The Balaban J connectivity index is 2.63. The van der Waals surface area contributed by atoms with Crippen molar-refractivity contribution in [3.63, 3.8) is 0 Å². The lowest BCUT2D eigenvalue weighted by Crippen LogP contribution is -2.23. The van der Waals surface area contributed by atoms with Crippen molar-refractivity contribution in [3.8, 4) is 0 Å². The molecule has 0 aromatic heterocycles. The van der Waals surface area contributed by atoms with Crippen LogP contribution in [-0.2, 0) is 11.3 Å². The fourth-order valence-electron chi connectivity index (χ4n) is 2.83. The van der Waals surface area contributed by atoms with Crippen LogP contribution in [0.1, 0.15) is 34.8 Å². The van der Waals surface area contributed by atoms with Gasteiger partial charge in [0.1, 0.15) is 0 Å². The Morgan fingerprint density at radius 1 is 1.30 bits per heavy atom. The number of aryl methyl sites for hydroxylation is 1. The summed E-state index contributed by atoms with van der Waals surface area (Å²) >= 11 is 1.63. The third kappa shape index (κ3) is 4.78. The number of carbonyl (C=O) groups excluding carboxylic acids is 1. The standard InChI is InChI=1S/C19H23N3O4S/c1-5-6-14-17(22(24)25)10-8-15(19(23)21-26-3)18(14)20-16-9-7-13(27-4)11-12(16)2/h7-11,20H,5-6H2,1-4H3,(H,21,23). The lowest BCUT2D eigenvalue weighted by Gasteiger charge is -2.18. The van der Waals surface area contributed by atoms with E-state index in [9.17, 15) is 14.9 Å².